The number of aromatic nitrogens is 2. The fourth-order valence-electron chi connectivity index (χ4n) is 1.85. The van der Waals surface area contributed by atoms with Gasteiger partial charge >= 0.3 is 0 Å². The predicted molar refractivity (Wildman–Crippen MR) is 91.4 cm³/mol. The minimum Gasteiger partial charge on any atom is -0.372 e. The molecule has 0 saturated carbocycles. The van der Waals surface area contributed by atoms with Crippen LogP contribution in [0.4, 0.5) is 5.82 Å². The van der Waals surface area contributed by atoms with Crippen molar-refractivity contribution >= 4 is 49.3 Å². The first kappa shape index (κ1) is 15.7. The molecule has 0 radical (unpaired) electrons. The number of rotatable bonds is 4. The number of hydrogen-bond donors (Lipinski definition) is 1. The lowest BCUT2D eigenvalue weighted by atomic mass is 10.2. The summed E-state index contributed by atoms with van der Waals surface area (Å²) in [5.41, 5.74) is 1.81. The van der Waals surface area contributed by atoms with Crippen LogP contribution in [0.1, 0.15) is 19.0 Å². The molecule has 1 N–H and O–H groups in total. The van der Waals surface area contributed by atoms with Crippen molar-refractivity contribution in [3.8, 4) is 11.4 Å². The highest BCUT2D eigenvalue weighted by molar-refractivity contribution is 9.11. The van der Waals surface area contributed by atoms with E-state index in [-0.39, 0.29) is 0 Å². The largest absolute Gasteiger partial charge is 0.372 e. The topological polar surface area (TPSA) is 37.8 Å². The number of nitrogens with one attached hydrogen (secondary N) is 1. The summed E-state index contributed by atoms with van der Waals surface area (Å²) in [5, 5.41) is 3.72. The summed E-state index contributed by atoms with van der Waals surface area (Å²) in [7, 11) is 1.84. The smallest absolute Gasteiger partial charge is 0.163 e. The third-order valence-electron chi connectivity index (χ3n) is 2.81. The van der Waals surface area contributed by atoms with E-state index in [4.69, 9.17) is 11.6 Å². The summed E-state index contributed by atoms with van der Waals surface area (Å²) < 4.78 is 1.86. The number of anilines is 1. The van der Waals surface area contributed by atoms with Gasteiger partial charge in [0, 0.05) is 17.1 Å². The Labute approximate surface area is 140 Å². The molecule has 20 heavy (non-hydrogen) atoms. The zero-order valence-electron chi connectivity index (χ0n) is 11.2. The molecule has 0 aliphatic heterocycles. The van der Waals surface area contributed by atoms with E-state index in [0.717, 1.165) is 38.9 Å². The molecule has 0 aliphatic carbocycles. The van der Waals surface area contributed by atoms with E-state index in [1.54, 1.807) is 0 Å². The molecule has 2 aromatic rings. The van der Waals surface area contributed by atoms with Crippen molar-refractivity contribution in [1.29, 1.82) is 0 Å². The normalized spacial score (nSPS) is 10.7. The molecular formula is C14H14Br2ClN3. The molecule has 1 aromatic carbocycles. The average Bonchev–Trinajstić information content (AvgIpc) is 2.44. The molecule has 0 spiro atoms. The molecule has 0 amide bonds. The Morgan fingerprint density at radius 3 is 2.65 bits per heavy atom. The minimum atomic E-state index is 0.632. The van der Waals surface area contributed by atoms with E-state index in [1.807, 2.05) is 25.2 Å². The van der Waals surface area contributed by atoms with Gasteiger partial charge in [-0.3, -0.25) is 0 Å². The highest BCUT2D eigenvalue weighted by Gasteiger charge is 2.14. The molecule has 0 atom stereocenters. The first-order valence-corrected chi connectivity index (χ1v) is 8.22. The van der Waals surface area contributed by atoms with Gasteiger partial charge in [0.2, 0.25) is 0 Å². The fraction of sp³-hybridized carbons (Fsp3) is 0.286. The molecule has 0 saturated heterocycles. The van der Waals surface area contributed by atoms with Gasteiger partial charge in [0.15, 0.2) is 5.82 Å². The van der Waals surface area contributed by atoms with Crippen LogP contribution in [0.5, 0.6) is 0 Å². The number of benzene rings is 1. The molecule has 0 unspecified atom stereocenters. The Bertz CT molecular complexity index is 632. The van der Waals surface area contributed by atoms with Gasteiger partial charge in [-0.25, -0.2) is 9.97 Å². The maximum atomic E-state index is 6.26. The third kappa shape index (κ3) is 3.32. The number of aryl methyl sites for hydroxylation is 1. The Balaban J connectivity index is 2.61. The van der Waals surface area contributed by atoms with Gasteiger partial charge in [0.25, 0.3) is 0 Å². The van der Waals surface area contributed by atoms with Crippen LogP contribution in [0.15, 0.2) is 27.1 Å². The molecule has 0 bridgehead atoms. The molecule has 1 aromatic heterocycles. The van der Waals surface area contributed by atoms with Crippen molar-refractivity contribution in [2.24, 2.45) is 0 Å². The molecule has 0 aliphatic rings. The minimum absolute atomic E-state index is 0.632. The van der Waals surface area contributed by atoms with Crippen LogP contribution in [0.3, 0.4) is 0 Å². The molecule has 1 heterocycles. The van der Waals surface area contributed by atoms with Crippen LogP contribution in [-0.2, 0) is 6.42 Å². The van der Waals surface area contributed by atoms with Crippen LogP contribution in [0, 0.1) is 0 Å². The van der Waals surface area contributed by atoms with Crippen molar-refractivity contribution < 1.29 is 0 Å². The summed E-state index contributed by atoms with van der Waals surface area (Å²) in [4.78, 5) is 9.17. The lowest BCUT2D eigenvalue weighted by Gasteiger charge is -2.11. The highest BCUT2D eigenvalue weighted by atomic mass is 79.9. The fourth-order valence-corrected chi connectivity index (χ4v) is 2.99. The maximum Gasteiger partial charge on any atom is 0.163 e. The van der Waals surface area contributed by atoms with E-state index in [9.17, 15) is 0 Å². The molecule has 0 fully saturated rings. The average molecular weight is 420 g/mol. The molecule has 3 nitrogen and oxygen atoms in total. The van der Waals surface area contributed by atoms with E-state index >= 15 is 0 Å². The van der Waals surface area contributed by atoms with Crippen LogP contribution >= 0.6 is 43.5 Å². The van der Waals surface area contributed by atoms with Gasteiger partial charge in [-0.1, -0.05) is 40.9 Å². The van der Waals surface area contributed by atoms with Gasteiger partial charge in [0.05, 0.1) is 15.2 Å². The summed E-state index contributed by atoms with van der Waals surface area (Å²) >= 11 is 13.3. The summed E-state index contributed by atoms with van der Waals surface area (Å²) in [6.45, 7) is 2.12. The lowest BCUT2D eigenvalue weighted by Crippen LogP contribution is -2.03. The molecule has 2 rings (SSSR count). The van der Waals surface area contributed by atoms with Crippen molar-refractivity contribution in [2.45, 2.75) is 19.8 Å². The van der Waals surface area contributed by atoms with E-state index in [0.29, 0.717) is 10.8 Å². The van der Waals surface area contributed by atoms with E-state index < -0.39 is 0 Å². The Morgan fingerprint density at radius 2 is 2.00 bits per heavy atom. The summed E-state index contributed by atoms with van der Waals surface area (Å²) in [6, 6.07) is 5.67. The van der Waals surface area contributed by atoms with E-state index in [2.05, 4.69) is 54.1 Å². The lowest BCUT2D eigenvalue weighted by molar-refractivity contribution is 0.869. The van der Waals surface area contributed by atoms with Crippen molar-refractivity contribution in [1.82, 2.24) is 9.97 Å². The Hall–Kier alpha value is -0.650. The second-order valence-electron chi connectivity index (χ2n) is 4.28. The monoisotopic (exact) mass is 417 g/mol. The standard InChI is InChI=1S/C14H14Br2ClN3/c1-3-4-11-12(16)14(18-2)20-13(19-11)9-7-8(15)5-6-10(9)17/h5-7H,3-4H2,1-2H3,(H,18,19,20). The number of hydrogen-bond acceptors (Lipinski definition) is 3. The SMILES string of the molecule is CCCc1nc(-c2cc(Br)ccc2Cl)nc(NC)c1Br. The van der Waals surface area contributed by atoms with Crippen LogP contribution in [-0.4, -0.2) is 17.0 Å². The predicted octanol–water partition coefficient (Wildman–Crippen LogP) is 5.32. The van der Waals surface area contributed by atoms with E-state index in [1.165, 1.54) is 0 Å². The second kappa shape index (κ2) is 6.87. The van der Waals surface area contributed by atoms with Gasteiger partial charge in [-0.15, -0.1) is 0 Å². The van der Waals surface area contributed by atoms with Crippen molar-refractivity contribution in [3.05, 3.63) is 37.9 Å². The van der Waals surface area contributed by atoms with Gasteiger partial charge in [-0.2, -0.15) is 0 Å². The zero-order chi connectivity index (χ0) is 14.7. The third-order valence-corrected chi connectivity index (χ3v) is 4.47. The molecular weight excluding hydrogens is 405 g/mol. The van der Waals surface area contributed by atoms with Gasteiger partial charge in [0.1, 0.15) is 5.82 Å². The quantitative estimate of drug-likeness (QED) is 0.729. The van der Waals surface area contributed by atoms with Crippen LogP contribution < -0.4 is 5.32 Å². The van der Waals surface area contributed by atoms with Crippen molar-refractivity contribution in [3.63, 3.8) is 0 Å². The Morgan fingerprint density at radius 1 is 1.25 bits per heavy atom. The van der Waals surface area contributed by atoms with Crippen LogP contribution in [0.25, 0.3) is 11.4 Å². The molecule has 106 valence electrons. The first-order valence-electron chi connectivity index (χ1n) is 6.26. The highest BCUT2D eigenvalue weighted by Crippen LogP contribution is 2.32. The number of halogens is 3. The first-order chi connectivity index (χ1) is 9.56. The zero-order valence-corrected chi connectivity index (χ0v) is 15.1. The second-order valence-corrected chi connectivity index (χ2v) is 6.40. The van der Waals surface area contributed by atoms with Crippen LogP contribution in [0.2, 0.25) is 5.02 Å². The van der Waals surface area contributed by atoms with Crippen molar-refractivity contribution in [2.75, 3.05) is 12.4 Å². The number of nitrogens with zero attached hydrogens (tertiary/aromatic N) is 2. The summed E-state index contributed by atoms with van der Waals surface area (Å²) in [5.74, 6) is 1.40. The maximum absolute atomic E-state index is 6.26. The Kier molecular flexibility index (Phi) is 5.41. The van der Waals surface area contributed by atoms with Gasteiger partial charge < -0.3 is 5.32 Å². The summed E-state index contributed by atoms with van der Waals surface area (Å²) in [6.07, 6.45) is 1.90. The van der Waals surface area contributed by atoms with Gasteiger partial charge in [-0.05, 0) is 40.5 Å². The molecule has 6 heteroatoms.